The van der Waals surface area contributed by atoms with Crippen LogP contribution in [0.15, 0.2) is 0 Å². The summed E-state index contributed by atoms with van der Waals surface area (Å²) >= 11 is 0. The van der Waals surface area contributed by atoms with E-state index in [-0.39, 0.29) is 22.3 Å². The van der Waals surface area contributed by atoms with Crippen LogP contribution >= 0.6 is 0 Å². The van der Waals surface area contributed by atoms with Crippen LogP contribution in [0.3, 0.4) is 0 Å². The van der Waals surface area contributed by atoms with Gasteiger partial charge in [-0.25, -0.2) is 0 Å². The molecule has 1 aliphatic rings. The van der Waals surface area contributed by atoms with Gasteiger partial charge in [-0.1, -0.05) is 22.3 Å². The number of hydrogen-bond acceptors (Lipinski definition) is 24. The van der Waals surface area contributed by atoms with Gasteiger partial charge in [0.25, 0.3) is 0 Å². The average molecular weight is 1160 g/mol. The SMILES string of the molecule is C.C.C.CCO[Si](OCC)(OCC)[Si](OCC)(OCC)OCC.CO[Si](OC)(OC)[Si](OC)(OC)OC.CO[Si]1(OC)[Si](OC)(OC)[Si](OC)(OC)[Si](OC)(OC)[Si](OC)(OC)[Si]1(OC)OC. The van der Waals surface area contributed by atoms with E-state index >= 15 is 0 Å². The molecular formula is C33H96O24Si10. The minimum absolute atomic E-state index is 0. The zero-order valence-corrected chi connectivity index (χ0v) is 53.0. The van der Waals surface area contributed by atoms with E-state index in [9.17, 15) is 0 Å². The molecule has 1 saturated heterocycles. The van der Waals surface area contributed by atoms with E-state index in [1.165, 1.54) is 128 Å². The predicted octanol–water partition coefficient (Wildman–Crippen LogP) is 2.77. The summed E-state index contributed by atoms with van der Waals surface area (Å²) in [5, 5.41) is 0. The zero-order chi connectivity index (χ0) is 50.2. The van der Waals surface area contributed by atoms with Crippen LogP contribution in [0.5, 0.6) is 0 Å². The molecular weight excluding hydrogens is 1060 g/mol. The molecule has 0 aromatic heterocycles. The molecule has 0 aromatic carbocycles. The molecule has 1 aliphatic heterocycles. The second kappa shape index (κ2) is 35.4. The van der Waals surface area contributed by atoms with E-state index in [0.717, 1.165) is 0 Å². The molecule has 34 heteroatoms. The van der Waals surface area contributed by atoms with Gasteiger partial charge in [0.15, 0.2) is 0 Å². The molecule has 24 nitrogen and oxygen atoms in total. The van der Waals surface area contributed by atoms with Crippen LogP contribution in [-0.4, -0.2) is 246 Å². The fourth-order valence-electron chi connectivity index (χ4n) is 8.20. The van der Waals surface area contributed by atoms with Gasteiger partial charge >= 0.3 is 78.9 Å². The van der Waals surface area contributed by atoms with E-state index in [0.29, 0.717) is 39.6 Å². The Bertz CT molecular complexity index is 973. The Morgan fingerprint density at radius 1 is 0.209 bits per heavy atom. The second-order valence-corrected chi connectivity index (χ2v) is 73.2. The highest BCUT2D eigenvalue weighted by atomic mass is 30.2. The molecule has 0 N–H and O–H groups in total. The van der Waals surface area contributed by atoms with Crippen LogP contribution in [0.2, 0.25) is 0 Å². The van der Waals surface area contributed by atoms with Crippen molar-refractivity contribution < 1.29 is 106 Å². The molecule has 0 saturated carbocycles. The van der Waals surface area contributed by atoms with E-state index < -0.39 is 78.9 Å². The second-order valence-electron chi connectivity index (χ2n) is 12.2. The Morgan fingerprint density at radius 2 is 0.313 bits per heavy atom. The lowest BCUT2D eigenvalue weighted by atomic mass is 10.9. The normalized spacial score (nSPS) is 17.9. The van der Waals surface area contributed by atoms with Crippen LogP contribution in [0.4, 0.5) is 0 Å². The lowest BCUT2D eigenvalue weighted by Crippen LogP contribution is -3.12. The maximum atomic E-state index is 6.22. The molecule has 0 radical (unpaired) electrons. The summed E-state index contributed by atoms with van der Waals surface area (Å²) in [6.45, 7) is 14.2. The van der Waals surface area contributed by atoms with Crippen LogP contribution in [0, 0.1) is 0 Å². The minimum Gasteiger partial charge on any atom is -0.396 e. The quantitative estimate of drug-likeness (QED) is 0.0884. The maximum Gasteiger partial charge on any atom is 0.577 e. The van der Waals surface area contributed by atoms with Gasteiger partial charge in [-0.15, -0.1) is 0 Å². The summed E-state index contributed by atoms with van der Waals surface area (Å²) in [6.07, 6.45) is 0. The third-order valence-electron chi connectivity index (χ3n) is 10.4. The van der Waals surface area contributed by atoms with Crippen molar-refractivity contribution in [2.45, 2.75) is 63.8 Å². The number of rotatable bonds is 32. The first kappa shape index (κ1) is 77.1. The molecule has 1 fully saturated rings. The largest absolute Gasteiger partial charge is 0.577 e. The van der Waals surface area contributed by atoms with Crippen molar-refractivity contribution in [1.82, 2.24) is 0 Å². The Labute approximate surface area is 414 Å². The van der Waals surface area contributed by atoms with Crippen molar-refractivity contribution in [3.8, 4) is 0 Å². The third kappa shape index (κ3) is 12.5. The Balaban J connectivity index is -0.000000302. The highest BCUT2D eigenvalue weighted by Gasteiger charge is 3.08. The first-order valence-electron chi connectivity index (χ1n) is 20.2. The molecule has 0 unspecified atom stereocenters. The number of hydrogen-bond donors (Lipinski definition) is 0. The molecule has 412 valence electrons. The molecule has 1 heterocycles. The van der Waals surface area contributed by atoms with Crippen molar-refractivity contribution in [2.24, 2.45) is 0 Å². The zero-order valence-electron chi connectivity index (χ0n) is 43.0. The standard InChI is InChI=1S/C12H36O12Si6.C12H30O6Si2.C6H18O6Si2.3CH4/c1-13-25(14-2)26(15-3,16-4)28(19-7,20-8)30(23-11,24-12)29(21-9,22-10)27(25,17-5)18-6;1-7-13-19(14-8-2,15-9-3)20(16-10-4,17-11-5)18-12-6;1-7-13(8-2,9-3)14(10-4,11-5)12-6;;;/h1-12H3;7-12H2,1-6H3;1-6H3;3*1H4. The summed E-state index contributed by atoms with van der Waals surface area (Å²) in [7, 11) is -8.00. The van der Waals surface area contributed by atoms with Gasteiger partial charge in [0.1, 0.15) is 0 Å². The molecule has 0 amide bonds. The van der Waals surface area contributed by atoms with E-state index in [4.69, 9.17) is 106 Å². The van der Waals surface area contributed by atoms with Crippen LogP contribution in [0.25, 0.3) is 0 Å². The fraction of sp³-hybridized carbons (Fsp3) is 1.00. The lowest BCUT2D eigenvalue weighted by molar-refractivity contribution is 0.0224. The monoisotopic (exact) mass is 1160 g/mol. The highest BCUT2D eigenvalue weighted by Crippen LogP contribution is 2.54. The van der Waals surface area contributed by atoms with Gasteiger partial charge in [0.2, 0.25) is 0 Å². The summed E-state index contributed by atoms with van der Waals surface area (Å²) in [4.78, 5) is 0. The Hall–Kier alpha value is 1.21. The van der Waals surface area contributed by atoms with Crippen molar-refractivity contribution >= 4 is 78.9 Å². The molecule has 0 aliphatic carbocycles. The van der Waals surface area contributed by atoms with Gasteiger partial charge < -0.3 is 106 Å². The maximum absolute atomic E-state index is 6.22. The van der Waals surface area contributed by atoms with Gasteiger partial charge in [0, 0.05) is 168 Å². The van der Waals surface area contributed by atoms with Crippen molar-refractivity contribution in [3.05, 3.63) is 0 Å². The van der Waals surface area contributed by atoms with Gasteiger partial charge in [0.05, 0.1) is 0 Å². The Kier molecular flexibility index (Phi) is 40.8. The Morgan fingerprint density at radius 3 is 0.373 bits per heavy atom. The molecule has 1 rings (SSSR count). The first-order valence-corrected chi connectivity index (χ1v) is 46.0. The lowest BCUT2D eigenvalue weighted by Gasteiger charge is -2.64. The molecule has 0 atom stereocenters. The van der Waals surface area contributed by atoms with Crippen molar-refractivity contribution in [3.63, 3.8) is 0 Å². The third-order valence-corrected chi connectivity index (χ3v) is 121. The molecule has 0 bridgehead atoms. The van der Waals surface area contributed by atoms with Gasteiger partial charge in [-0.3, -0.25) is 0 Å². The summed E-state index contributed by atoms with van der Waals surface area (Å²) in [5.41, 5.74) is 0. The highest BCUT2D eigenvalue weighted by molar-refractivity contribution is 8.06. The molecule has 0 spiro atoms. The molecule has 0 aromatic rings. The minimum atomic E-state index is -3.78. The van der Waals surface area contributed by atoms with Crippen LogP contribution in [-0.2, 0) is 106 Å². The summed E-state index contributed by atoms with van der Waals surface area (Å²) in [5.74, 6) is 0. The first-order chi connectivity index (χ1) is 30.5. The van der Waals surface area contributed by atoms with E-state index in [1.54, 1.807) is 0 Å². The summed E-state index contributed by atoms with van der Waals surface area (Å²) in [6, 6.07) is 0. The average Bonchev–Trinajstić information content (AvgIpc) is 3.33. The predicted molar refractivity (Wildman–Crippen MR) is 274 cm³/mol. The van der Waals surface area contributed by atoms with E-state index in [2.05, 4.69) is 0 Å². The topological polar surface area (TPSA) is 222 Å². The van der Waals surface area contributed by atoms with Crippen molar-refractivity contribution in [1.29, 1.82) is 0 Å². The van der Waals surface area contributed by atoms with E-state index in [1.807, 2.05) is 41.5 Å². The molecule has 67 heavy (non-hydrogen) atoms. The summed E-state index contributed by atoms with van der Waals surface area (Å²) < 4.78 is 142. The van der Waals surface area contributed by atoms with Gasteiger partial charge in [-0.2, -0.15) is 0 Å². The van der Waals surface area contributed by atoms with Gasteiger partial charge in [-0.05, 0) is 41.5 Å². The smallest absolute Gasteiger partial charge is 0.396 e. The van der Waals surface area contributed by atoms with Crippen LogP contribution < -0.4 is 0 Å². The fourth-order valence-corrected chi connectivity index (χ4v) is 181. The van der Waals surface area contributed by atoms with Crippen molar-refractivity contribution in [2.75, 3.05) is 168 Å². The van der Waals surface area contributed by atoms with Crippen LogP contribution in [0.1, 0.15) is 63.8 Å².